The first-order valence-electron chi connectivity index (χ1n) is 14.5. The number of likely N-dealkylation sites (N-methyl/N-ethyl adjacent to an activating group) is 1. The van der Waals surface area contributed by atoms with Gasteiger partial charge in [-0.1, -0.05) is 42.5 Å². The van der Waals surface area contributed by atoms with Crippen molar-refractivity contribution in [1.29, 1.82) is 0 Å². The molecule has 8 rings (SSSR count). The molecule has 0 saturated carbocycles. The lowest BCUT2D eigenvalue weighted by Gasteiger charge is -2.17. The summed E-state index contributed by atoms with van der Waals surface area (Å²) in [6.07, 6.45) is 15.0. The van der Waals surface area contributed by atoms with Gasteiger partial charge in [-0.15, -0.1) is 0 Å². The van der Waals surface area contributed by atoms with Crippen LogP contribution in [-0.4, -0.2) is 37.6 Å². The van der Waals surface area contributed by atoms with Crippen LogP contribution < -0.4 is 0 Å². The molecule has 0 spiro atoms. The second-order valence-electron chi connectivity index (χ2n) is 11.0. The molecule has 0 fully saturated rings. The van der Waals surface area contributed by atoms with Crippen molar-refractivity contribution in [3.05, 3.63) is 150 Å². The van der Waals surface area contributed by atoms with Gasteiger partial charge in [0.05, 0.1) is 28.3 Å². The molecule has 5 nitrogen and oxygen atoms in total. The topological polar surface area (TPSA) is 38.9 Å². The van der Waals surface area contributed by atoms with Crippen LogP contribution in [0, 0.1) is 0 Å². The van der Waals surface area contributed by atoms with Gasteiger partial charge in [0.15, 0.2) is 0 Å². The van der Waals surface area contributed by atoms with E-state index in [2.05, 4.69) is 161 Å². The SMILES string of the molecule is CN1C=CC(c2cc3cc4nc(cc5ccc(cc6nc(cc2n3-c2ccccc2)C=C6)n5-c2ccccc2)C=C4)=CC1. The van der Waals surface area contributed by atoms with Crippen molar-refractivity contribution < 1.29 is 0 Å². The lowest BCUT2D eigenvalue weighted by Crippen LogP contribution is -2.13. The fraction of sp³-hybridized carbons (Fsp3) is 0.0526. The first-order chi connectivity index (χ1) is 21.2. The highest BCUT2D eigenvalue weighted by atomic mass is 15.1. The lowest BCUT2D eigenvalue weighted by molar-refractivity contribution is 0.506. The van der Waals surface area contributed by atoms with Crippen LogP contribution in [0.3, 0.4) is 0 Å². The van der Waals surface area contributed by atoms with E-state index in [-0.39, 0.29) is 0 Å². The molecule has 0 N–H and O–H groups in total. The van der Waals surface area contributed by atoms with E-state index in [0.29, 0.717) is 0 Å². The molecule has 0 unspecified atom stereocenters. The smallest absolute Gasteiger partial charge is 0.0658 e. The molecule has 5 aromatic rings. The number of nitrogens with zero attached hydrogens (tertiary/aromatic N) is 5. The molecule has 8 bridgehead atoms. The highest BCUT2D eigenvalue weighted by molar-refractivity contribution is 5.91. The molecular formula is C38H29N5. The van der Waals surface area contributed by atoms with E-state index in [0.717, 1.165) is 68.3 Å². The van der Waals surface area contributed by atoms with Crippen molar-refractivity contribution in [1.82, 2.24) is 24.0 Å². The minimum atomic E-state index is 0.862. The standard InChI is InChI=1S/C38H29N5/c1-41-20-18-27(19-21-41)37-26-36-24-30-13-12-28(39-30)22-34-16-17-35(42(34)32-8-4-2-5-9-32)23-29-14-15-31(40-29)25-38(37)43(36)33-10-6-3-7-11-33/h2-20,22-26H,21H2,1H3. The number of para-hydroxylation sites is 2. The van der Waals surface area contributed by atoms with Crippen LogP contribution in [0.25, 0.3) is 63.3 Å². The predicted octanol–water partition coefficient (Wildman–Crippen LogP) is 8.42. The fourth-order valence-corrected chi connectivity index (χ4v) is 5.94. The van der Waals surface area contributed by atoms with Crippen molar-refractivity contribution in [2.45, 2.75) is 0 Å². The number of hydrogen-bond acceptors (Lipinski definition) is 3. The van der Waals surface area contributed by atoms with Crippen LogP contribution in [0.4, 0.5) is 0 Å². The van der Waals surface area contributed by atoms with Crippen LogP contribution in [0.5, 0.6) is 0 Å². The van der Waals surface area contributed by atoms with Crippen molar-refractivity contribution in [3.8, 4) is 11.4 Å². The van der Waals surface area contributed by atoms with E-state index in [4.69, 9.17) is 9.97 Å². The highest BCUT2D eigenvalue weighted by Crippen LogP contribution is 2.32. The minimum absolute atomic E-state index is 0.862. The zero-order valence-electron chi connectivity index (χ0n) is 23.8. The summed E-state index contributed by atoms with van der Waals surface area (Å²) in [6.45, 7) is 0.862. The van der Waals surface area contributed by atoms with Crippen LogP contribution in [0.15, 0.2) is 121 Å². The maximum absolute atomic E-state index is 5.07. The molecule has 0 amide bonds. The normalized spacial score (nSPS) is 13.9. The minimum Gasteiger partial charge on any atom is -0.377 e. The molecule has 6 heterocycles. The molecule has 5 heteroatoms. The summed E-state index contributed by atoms with van der Waals surface area (Å²) in [5.74, 6) is 0. The van der Waals surface area contributed by atoms with Gasteiger partial charge in [-0.05, 0) is 109 Å². The Balaban J connectivity index is 1.48. The zero-order valence-corrected chi connectivity index (χ0v) is 23.8. The molecule has 2 aromatic carbocycles. The average Bonchev–Trinajstić information content (AvgIpc) is 3.83. The fourth-order valence-electron chi connectivity index (χ4n) is 5.94. The average molecular weight is 556 g/mol. The number of rotatable bonds is 3. The van der Waals surface area contributed by atoms with Gasteiger partial charge in [-0.25, -0.2) is 9.97 Å². The molecule has 0 atom stereocenters. The predicted molar refractivity (Wildman–Crippen MR) is 179 cm³/mol. The van der Waals surface area contributed by atoms with Crippen molar-refractivity contribution >= 4 is 51.9 Å². The Morgan fingerprint density at radius 3 is 1.63 bits per heavy atom. The Bertz CT molecular complexity index is 2160. The number of fused-ring (bicyclic) bond motifs is 8. The van der Waals surface area contributed by atoms with Crippen molar-refractivity contribution in [2.24, 2.45) is 0 Å². The summed E-state index contributed by atoms with van der Waals surface area (Å²) in [7, 11) is 2.09. The number of allylic oxidation sites excluding steroid dienone is 2. The van der Waals surface area contributed by atoms with E-state index >= 15 is 0 Å². The van der Waals surface area contributed by atoms with Crippen LogP contribution >= 0.6 is 0 Å². The molecule has 3 aliphatic rings. The van der Waals surface area contributed by atoms with Gasteiger partial charge >= 0.3 is 0 Å². The molecule has 206 valence electrons. The monoisotopic (exact) mass is 555 g/mol. The summed E-state index contributed by atoms with van der Waals surface area (Å²) in [5, 5.41) is 0. The second-order valence-corrected chi connectivity index (χ2v) is 11.0. The van der Waals surface area contributed by atoms with E-state index in [1.807, 2.05) is 6.07 Å². The van der Waals surface area contributed by atoms with Crippen LogP contribution in [0.1, 0.15) is 28.3 Å². The number of hydrogen-bond donors (Lipinski definition) is 0. The van der Waals surface area contributed by atoms with Gasteiger partial charge in [0.1, 0.15) is 0 Å². The summed E-state index contributed by atoms with van der Waals surface area (Å²) >= 11 is 0. The van der Waals surface area contributed by atoms with E-state index in [1.165, 1.54) is 5.57 Å². The van der Waals surface area contributed by atoms with Gasteiger partial charge in [0, 0.05) is 47.1 Å². The summed E-state index contributed by atoms with van der Waals surface area (Å²) in [6, 6.07) is 36.2. The van der Waals surface area contributed by atoms with Crippen LogP contribution in [0.2, 0.25) is 0 Å². The summed E-state index contributed by atoms with van der Waals surface area (Å²) in [5.41, 5.74) is 12.5. The summed E-state index contributed by atoms with van der Waals surface area (Å²) in [4.78, 5) is 12.3. The molecule has 0 aliphatic carbocycles. The molecule has 0 saturated heterocycles. The Labute approximate surface area is 250 Å². The Kier molecular flexibility index (Phi) is 6.00. The quantitative estimate of drug-likeness (QED) is 0.220. The Hall–Kier alpha value is -5.68. The summed E-state index contributed by atoms with van der Waals surface area (Å²) < 4.78 is 4.57. The van der Waals surface area contributed by atoms with Gasteiger partial charge in [-0.2, -0.15) is 0 Å². The molecule has 43 heavy (non-hydrogen) atoms. The Morgan fingerprint density at radius 2 is 1.07 bits per heavy atom. The third-order valence-corrected chi connectivity index (χ3v) is 7.99. The van der Waals surface area contributed by atoms with Gasteiger partial charge < -0.3 is 14.0 Å². The maximum Gasteiger partial charge on any atom is 0.0658 e. The molecular weight excluding hydrogens is 526 g/mol. The third-order valence-electron chi connectivity index (χ3n) is 7.99. The number of aromatic nitrogens is 4. The van der Waals surface area contributed by atoms with E-state index in [9.17, 15) is 0 Å². The van der Waals surface area contributed by atoms with Gasteiger partial charge in [-0.3, -0.25) is 0 Å². The highest BCUT2D eigenvalue weighted by Gasteiger charge is 2.15. The number of benzene rings is 2. The first kappa shape index (κ1) is 25.1. The Morgan fingerprint density at radius 1 is 0.535 bits per heavy atom. The van der Waals surface area contributed by atoms with Crippen LogP contribution in [-0.2, 0) is 0 Å². The first-order valence-corrected chi connectivity index (χ1v) is 14.5. The van der Waals surface area contributed by atoms with Gasteiger partial charge in [0.2, 0.25) is 0 Å². The van der Waals surface area contributed by atoms with E-state index < -0.39 is 0 Å². The van der Waals surface area contributed by atoms with Gasteiger partial charge in [0.25, 0.3) is 0 Å². The molecule has 3 aliphatic heterocycles. The lowest BCUT2D eigenvalue weighted by atomic mass is 10.0. The second kappa shape index (κ2) is 10.3. The van der Waals surface area contributed by atoms with E-state index in [1.54, 1.807) is 0 Å². The van der Waals surface area contributed by atoms with Crippen molar-refractivity contribution in [3.63, 3.8) is 0 Å². The largest absolute Gasteiger partial charge is 0.377 e. The third kappa shape index (κ3) is 4.71. The zero-order chi connectivity index (χ0) is 28.8. The van der Waals surface area contributed by atoms with Crippen molar-refractivity contribution in [2.75, 3.05) is 13.6 Å². The maximum atomic E-state index is 5.07. The molecule has 0 radical (unpaired) electrons. The molecule has 3 aromatic heterocycles.